The molecule has 43 heavy (non-hydrogen) atoms. The topological polar surface area (TPSA) is 91.2 Å². The van der Waals surface area contributed by atoms with Gasteiger partial charge in [-0.2, -0.15) is 0 Å². The number of anilines is 1. The molecule has 8 nitrogen and oxygen atoms in total. The van der Waals surface area contributed by atoms with Gasteiger partial charge in [0.05, 0.1) is 41.2 Å². The molecule has 3 aromatic carbocycles. The lowest BCUT2D eigenvalue weighted by molar-refractivity contribution is -0.113. The van der Waals surface area contributed by atoms with Crippen molar-refractivity contribution in [2.24, 2.45) is 4.99 Å². The van der Waals surface area contributed by atoms with Crippen LogP contribution < -0.4 is 34.4 Å². The van der Waals surface area contributed by atoms with E-state index in [4.69, 9.17) is 19.2 Å². The van der Waals surface area contributed by atoms with Crippen LogP contribution in [0.2, 0.25) is 0 Å². The maximum atomic E-state index is 14.1. The summed E-state index contributed by atoms with van der Waals surface area (Å²) in [5, 5.41) is 2.98. The Morgan fingerprint density at radius 1 is 1.00 bits per heavy atom. The maximum Gasteiger partial charge on any atom is 0.271 e. The zero-order valence-corrected chi connectivity index (χ0v) is 25.7. The number of hydrogen-bond acceptors (Lipinski definition) is 7. The van der Waals surface area contributed by atoms with Crippen LogP contribution in [-0.2, 0) is 4.79 Å². The number of rotatable bonds is 10. The van der Waals surface area contributed by atoms with Gasteiger partial charge in [-0.15, -0.1) is 0 Å². The third-order valence-corrected chi connectivity index (χ3v) is 7.72. The summed E-state index contributed by atoms with van der Waals surface area (Å²) in [5.41, 5.74) is 2.94. The molecule has 0 unspecified atom stereocenters. The molecule has 2 heterocycles. The molecule has 9 heteroatoms. The van der Waals surface area contributed by atoms with E-state index in [2.05, 4.69) is 5.32 Å². The average molecular weight is 598 g/mol. The number of carbonyl (C=O) groups is 1. The Kier molecular flexibility index (Phi) is 9.11. The summed E-state index contributed by atoms with van der Waals surface area (Å²) in [7, 11) is 0. The summed E-state index contributed by atoms with van der Waals surface area (Å²) in [6.45, 7) is 10.6. The SMILES string of the molecule is CCOc1ccc([C@H]2C(C(=O)Nc3ccccc3)=C(C)N=c3s/c(=C\c4ccc(OC(C)C)c(OCC)c4)c(=O)n32)cc1. The van der Waals surface area contributed by atoms with Gasteiger partial charge in [0, 0.05) is 5.69 Å². The lowest BCUT2D eigenvalue weighted by Gasteiger charge is -2.25. The van der Waals surface area contributed by atoms with Gasteiger partial charge in [-0.05, 0) is 88.2 Å². The van der Waals surface area contributed by atoms with Gasteiger partial charge in [0.25, 0.3) is 11.5 Å². The fourth-order valence-corrected chi connectivity index (χ4v) is 5.99. The molecule has 0 saturated carbocycles. The Morgan fingerprint density at radius 2 is 1.72 bits per heavy atom. The van der Waals surface area contributed by atoms with Crippen LogP contribution in [0.1, 0.15) is 51.8 Å². The van der Waals surface area contributed by atoms with Crippen LogP contribution in [0.3, 0.4) is 0 Å². The minimum Gasteiger partial charge on any atom is -0.494 e. The summed E-state index contributed by atoms with van der Waals surface area (Å²) in [6.07, 6.45) is 1.82. The Balaban J connectivity index is 1.62. The number of nitrogens with one attached hydrogen (secondary N) is 1. The summed E-state index contributed by atoms with van der Waals surface area (Å²) < 4.78 is 19.5. The highest BCUT2D eigenvalue weighted by Gasteiger charge is 2.32. The van der Waals surface area contributed by atoms with Crippen molar-refractivity contribution in [2.45, 2.75) is 46.8 Å². The maximum absolute atomic E-state index is 14.1. The van der Waals surface area contributed by atoms with E-state index in [0.29, 0.717) is 56.8 Å². The molecule has 0 radical (unpaired) electrons. The van der Waals surface area contributed by atoms with Crippen molar-refractivity contribution in [2.75, 3.05) is 18.5 Å². The van der Waals surface area contributed by atoms with E-state index >= 15 is 0 Å². The highest BCUT2D eigenvalue weighted by atomic mass is 32.1. The number of allylic oxidation sites excluding steroid dienone is 1. The van der Waals surface area contributed by atoms with Gasteiger partial charge >= 0.3 is 0 Å². The van der Waals surface area contributed by atoms with E-state index in [-0.39, 0.29) is 17.6 Å². The molecule has 222 valence electrons. The first kappa shape index (κ1) is 29.8. The van der Waals surface area contributed by atoms with Gasteiger partial charge in [-0.1, -0.05) is 47.7 Å². The van der Waals surface area contributed by atoms with Gasteiger partial charge in [0.2, 0.25) is 0 Å². The standard InChI is InChI=1S/C34H35N3O5S/c1-6-40-26-16-14-24(15-17-26)31-30(32(38)36-25-11-9-8-10-12-25)22(5)35-34-37(31)33(39)29(43-34)20-23-13-18-27(42-21(3)4)28(19-23)41-7-2/h8-21,31H,6-7H2,1-5H3,(H,36,38)/b29-20-/t31-/m0/s1. The molecule has 1 amide bonds. The molecule has 0 aliphatic carbocycles. The quantitative estimate of drug-likeness (QED) is 0.262. The van der Waals surface area contributed by atoms with E-state index in [1.54, 1.807) is 11.5 Å². The predicted octanol–water partition coefficient (Wildman–Crippen LogP) is 5.46. The number of benzene rings is 3. The molecule has 0 fully saturated rings. The molecule has 1 aliphatic rings. The zero-order valence-electron chi connectivity index (χ0n) is 24.9. The molecule has 0 bridgehead atoms. The largest absolute Gasteiger partial charge is 0.494 e. The van der Waals surface area contributed by atoms with Gasteiger partial charge in [-0.25, -0.2) is 4.99 Å². The monoisotopic (exact) mass is 597 g/mol. The molecule has 1 aliphatic heterocycles. The number of para-hydroxylation sites is 1. The highest BCUT2D eigenvalue weighted by Crippen LogP contribution is 2.32. The van der Waals surface area contributed by atoms with E-state index < -0.39 is 6.04 Å². The molecule has 0 spiro atoms. The van der Waals surface area contributed by atoms with Crippen molar-refractivity contribution in [3.63, 3.8) is 0 Å². The van der Waals surface area contributed by atoms with E-state index in [0.717, 1.165) is 11.1 Å². The normalized spacial score (nSPS) is 14.7. The minimum absolute atomic E-state index is 0.00660. The number of fused-ring (bicyclic) bond motifs is 1. The van der Waals surface area contributed by atoms with Crippen LogP contribution in [0, 0.1) is 0 Å². The fraction of sp³-hybridized carbons (Fsp3) is 0.265. The number of nitrogens with zero attached hydrogens (tertiary/aromatic N) is 2. The van der Waals surface area contributed by atoms with Crippen LogP contribution >= 0.6 is 11.3 Å². The van der Waals surface area contributed by atoms with Crippen molar-refractivity contribution in [3.05, 3.63) is 115 Å². The van der Waals surface area contributed by atoms with E-state index in [1.165, 1.54) is 11.3 Å². The lowest BCUT2D eigenvalue weighted by Crippen LogP contribution is -2.40. The van der Waals surface area contributed by atoms with Crippen LogP contribution in [0.15, 0.2) is 93.9 Å². The molecule has 0 saturated heterocycles. The zero-order chi connectivity index (χ0) is 30.5. The number of ether oxygens (including phenoxy) is 3. The third kappa shape index (κ3) is 6.57. The van der Waals surface area contributed by atoms with E-state index in [9.17, 15) is 9.59 Å². The average Bonchev–Trinajstić information content (AvgIpc) is 3.28. The van der Waals surface area contributed by atoms with Crippen molar-refractivity contribution < 1.29 is 19.0 Å². The molecular formula is C34H35N3O5S. The Bertz CT molecular complexity index is 1820. The summed E-state index contributed by atoms with van der Waals surface area (Å²) in [5.74, 6) is 1.66. The van der Waals surface area contributed by atoms with Gasteiger partial charge < -0.3 is 19.5 Å². The second kappa shape index (κ2) is 13.1. The minimum atomic E-state index is -0.682. The smallest absolute Gasteiger partial charge is 0.271 e. The lowest BCUT2D eigenvalue weighted by atomic mass is 9.95. The predicted molar refractivity (Wildman–Crippen MR) is 170 cm³/mol. The summed E-state index contributed by atoms with van der Waals surface area (Å²) in [6, 6.07) is 21.7. The second-order valence-electron chi connectivity index (χ2n) is 10.2. The number of aromatic nitrogens is 1. The second-order valence-corrected chi connectivity index (χ2v) is 11.2. The van der Waals surface area contributed by atoms with Crippen LogP contribution in [0.4, 0.5) is 5.69 Å². The van der Waals surface area contributed by atoms with Crippen molar-refractivity contribution >= 4 is 29.0 Å². The van der Waals surface area contributed by atoms with Crippen LogP contribution in [-0.4, -0.2) is 29.8 Å². The third-order valence-electron chi connectivity index (χ3n) is 6.73. The summed E-state index contributed by atoms with van der Waals surface area (Å²) >= 11 is 1.29. The van der Waals surface area contributed by atoms with Gasteiger partial charge in [-0.3, -0.25) is 14.2 Å². The highest BCUT2D eigenvalue weighted by molar-refractivity contribution is 7.07. The van der Waals surface area contributed by atoms with Gasteiger partial charge in [0.1, 0.15) is 5.75 Å². The molecule has 1 aromatic heterocycles. The van der Waals surface area contributed by atoms with E-state index in [1.807, 2.05) is 107 Å². The first-order valence-corrected chi connectivity index (χ1v) is 15.2. The first-order valence-electron chi connectivity index (χ1n) is 14.3. The fourth-order valence-electron chi connectivity index (χ4n) is 4.95. The summed E-state index contributed by atoms with van der Waals surface area (Å²) in [4.78, 5) is 33.1. The number of hydrogen-bond donors (Lipinski definition) is 1. The molecular weight excluding hydrogens is 562 g/mol. The number of amides is 1. The van der Waals surface area contributed by atoms with Gasteiger partial charge in [0.15, 0.2) is 16.3 Å². The van der Waals surface area contributed by atoms with Crippen molar-refractivity contribution in [1.82, 2.24) is 4.57 Å². The first-order chi connectivity index (χ1) is 20.8. The van der Waals surface area contributed by atoms with Crippen molar-refractivity contribution in [3.8, 4) is 17.2 Å². The van der Waals surface area contributed by atoms with Crippen molar-refractivity contribution in [1.29, 1.82) is 0 Å². The molecule has 5 rings (SSSR count). The van der Waals surface area contributed by atoms with Crippen LogP contribution in [0.25, 0.3) is 6.08 Å². The van der Waals surface area contributed by atoms with Crippen LogP contribution in [0.5, 0.6) is 17.2 Å². The number of thiazole rings is 1. The number of carbonyl (C=O) groups excluding carboxylic acids is 1. The Hall–Kier alpha value is -4.63. The molecule has 1 atom stereocenters. The Morgan fingerprint density at radius 3 is 2.40 bits per heavy atom. The molecule has 4 aromatic rings. The molecule has 1 N–H and O–H groups in total. The Labute approximate surface area is 254 Å².